The van der Waals surface area contributed by atoms with E-state index in [1.54, 1.807) is 19.1 Å². The lowest BCUT2D eigenvalue weighted by molar-refractivity contribution is 0.0922. The third-order valence-corrected chi connectivity index (χ3v) is 2.30. The number of nitrogens with one attached hydrogen (secondary N) is 1. The van der Waals surface area contributed by atoms with Gasteiger partial charge in [-0.25, -0.2) is 0 Å². The molecule has 4 heteroatoms. The number of benzene rings is 1. The summed E-state index contributed by atoms with van der Waals surface area (Å²) in [6.45, 7) is 1.70. The van der Waals surface area contributed by atoms with Gasteiger partial charge in [0, 0.05) is 31.4 Å². The average molecular weight is 222 g/mol. The van der Waals surface area contributed by atoms with Crippen molar-refractivity contribution in [3.63, 3.8) is 0 Å². The molecule has 0 heterocycles. The van der Waals surface area contributed by atoms with Crippen LogP contribution in [0.15, 0.2) is 24.3 Å². The largest absolute Gasteiger partial charge is 0.394 e. The van der Waals surface area contributed by atoms with Crippen LogP contribution in [0.5, 0.6) is 0 Å². The molecule has 0 spiro atoms. The quantitative estimate of drug-likeness (QED) is 0.794. The molecule has 0 aromatic heterocycles. The van der Waals surface area contributed by atoms with Gasteiger partial charge in [0.1, 0.15) is 0 Å². The Morgan fingerprint density at radius 1 is 1.38 bits per heavy atom. The van der Waals surface area contributed by atoms with Gasteiger partial charge in [0.15, 0.2) is 0 Å². The highest BCUT2D eigenvalue weighted by atomic mass is 16.3. The summed E-state index contributed by atoms with van der Waals surface area (Å²) in [4.78, 5) is 13.6. The first-order valence-corrected chi connectivity index (χ1v) is 5.23. The number of carbonyl (C=O) groups excluding carboxylic acids is 1. The molecule has 0 aliphatic carbocycles. The topological polar surface area (TPSA) is 52.6 Å². The maximum atomic E-state index is 11.7. The first-order chi connectivity index (χ1) is 7.54. The van der Waals surface area contributed by atoms with Gasteiger partial charge in [0.25, 0.3) is 5.91 Å². The molecule has 0 aliphatic heterocycles. The fourth-order valence-electron chi connectivity index (χ4n) is 1.26. The van der Waals surface area contributed by atoms with E-state index in [1.165, 1.54) is 0 Å². The summed E-state index contributed by atoms with van der Waals surface area (Å²) in [5.41, 5.74) is 1.65. The van der Waals surface area contributed by atoms with Crippen LogP contribution in [0.25, 0.3) is 0 Å². The summed E-state index contributed by atoms with van der Waals surface area (Å²) < 4.78 is 0. The number of rotatable bonds is 4. The van der Waals surface area contributed by atoms with Crippen LogP contribution in [-0.4, -0.2) is 37.8 Å². The van der Waals surface area contributed by atoms with Gasteiger partial charge in [-0.05, 0) is 31.2 Å². The second-order valence-corrected chi connectivity index (χ2v) is 4.00. The maximum Gasteiger partial charge on any atom is 0.251 e. The lowest BCUT2D eigenvalue weighted by Crippen LogP contribution is -2.34. The van der Waals surface area contributed by atoms with E-state index in [-0.39, 0.29) is 18.6 Å². The van der Waals surface area contributed by atoms with Gasteiger partial charge in [-0.1, -0.05) is 0 Å². The zero-order valence-electron chi connectivity index (χ0n) is 9.90. The summed E-state index contributed by atoms with van der Waals surface area (Å²) in [6, 6.07) is 7.10. The minimum Gasteiger partial charge on any atom is -0.394 e. The van der Waals surface area contributed by atoms with Crippen LogP contribution < -0.4 is 10.2 Å². The van der Waals surface area contributed by atoms with Crippen molar-refractivity contribution < 1.29 is 9.90 Å². The summed E-state index contributed by atoms with van der Waals surface area (Å²) in [5.74, 6) is -0.160. The van der Waals surface area contributed by atoms with Crippen molar-refractivity contribution in [2.75, 3.05) is 25.6 Å². The summed E-state index contributed by atoms with van der Waals surface area (Å²) in [5, 5.41) is 11.5. The molecule has 1 atom stereocenters. The molecule has 88 valence electrons. The predicted molar refractivity (Wildman–Crippen MR) is 64.8 cm³/mol. The Morgan fingerprint density at radius 3 is 2.38 bits per heavy atom. The number of anilines is 1. The molecule has 1 rings (SSSR count). The molecule has 0 aliphatic rings. The molecule has 0 unspecified atom stereocenters. The van der Waals surface area contributed by atoms with E-state index in [1.807, 2.05) is 31.1 Å². The van der Waals surface area contributed by atoms with E-state index in [0.717, 1.165) is 5.69 Å². The summed E-state index contributed by atoms with van der Waals surface area (Å²) in [7, 11) is 3.89. The van der Waals surface area contributed by atoms with Gasteiger partial charge in [-0.3, -0.25) is 4.79 Å². The van der Waals surface area contributed by atoms with Crippen LogP contribution in [0.3, 0.4) is 0 Å². The molecular weight excluding hydrogens is 204 g/mol. The maximum absolute atomic E-state index is 11.7. The fraction of sp³-hybridized carbons (Fsp3) is 0.417. The number of aliphatic hydroxyl groups excluding tert-OH is 1. The van der Waals surface area contributed by atoms with Crippen molar-refractivity contribution in [3.05, 3.63) is 29.8 Å². The molecule has 2 N–H and O–H groups in total. The Hall–Kier alpha value is -1.55. The van der Waals surface area contributed by atoms with Gasteiger partial charge in [-0.2, -0.15) is 0 Å². The minimum absolute atomic E-state index is 0.0540. The van der Waals surface area contributed by atoms with Crippen LogP contribution in [0.2, 0.25) is 0 Å². The molecule has 16 heavy (non-hydrogen) atoms. The standard InChI is InChI=1S/C12H18N2O2/c1-9(8-15)13-12(16)10-4-6-11(7-5-10)14(2)3/h4-7,9,15H,8H2,1-3H3,(H,13,16)/t9-/m0/s1. The molecule has 1 aromatic rings. The van der Waals surface area contributed by atoms with E-state index >= 15 is 0 Å². The molecule has 0 fully saturated rings. The van der Waals surface area contributed by atoms with Crippen LogP contribution in [0.1, 0.15) is 17.3 Å². The van der Waals surface area contributed by atoms with E-state index in [4.69, 9.17) is 5.11 Å². The molecule has 4 nitrogen and oxygen atoms in total. The minimum atomic E-state index is -0.221. The monoisotopic (exact) mass is 222 g/mol. The Morgan fingerprint density at radius 2 is 1.94 bits per heavy atom. The SMILES string of the molecule is C[C@@H](CO)NC(=O)c1ccc(N(C)C)cc1. The molecule has 1 amide bonds. The van der Waals surface area contributed by atoms with Crippen LogP contribution >= 0.6 is 0 Å². The van der Waals surface area contributed by atoms with Gasteiger partial charge in [0.05, 0.1) is 6.61 Å². The van der Waals surface area contributed by atoms with Crippen molar-refractivity contribution >= 4 is 11.6 Å². The summed E-state index contributed by atoms with van der Waals surface area (Å²) >= 11 is 0. The second kappa shape index (κ2) is 5.51. The van der Waals surface area contributed by atoms with E-state index in [0.29, 0.717) is 5.56 Å². The Balaban J connectivity index is 2.70. The zero-order valence-corrected chi connectivity index (χ0v) is 9.90. The number of amides is 1. The number of hydrogen-bond donors (Lipinski definition) is 2. The van der Waals surface area contributed by atoms with Crippen LogP contribution in [-0.2, 0) is 0 Å². The Kier molecular flexibility index (Phi) is 4.31. The third kappa shape index (κ3) is 3.24. The molecule has 0 radical (unpaired) electrons. The van der Waals surface area contributed by atoms with Crippen LogP contribution in [0.4, 0.5) is 5.69 Å². The molecule has 0 bridgehead atoms. The van der Waals surface area contributed by atoms with Crippen molar-refractivity contribution in [1.29, 1.82) is 0 Å². The Labute approximate surface area is 95.9 Å². The molecule has 0 saturated carbocycles. The number of carbonyl (C=O) groups is 1. The van der Waals surface area contributed by atoms with Gasteiger partial charge in [0.2, 0.25) is 0 Å². The molecular formula is C12H18N2O2. The highest BCUT2D eigenvalue weighted by molar-refractivity contribution is 5.94. The van der Waals surface area contributed by atoms with Crippen molar-refractivity contribution in [2.45, 2.75) is 13.0 Å². The lowest BCUT2D eigenvalue weighted by Gasteiger charge is -2.14. The first-order valence-electron chi connectivity index (χ1n) is 5.23. The Bertz CT molecular complexity index is 347. The van der Waals surface area contributed by atoms with Crippen molar-refractivity contribution in [1.82, 2.24) is 5.32 Å². The second-order valence-electron chi connectivity index (χ2n) is 4.00. The molecule has 1 aromatic carbocycles. The number of nitrogens with zero attached hydrogens (tertiary/aromatic N) is 1. The van der Waals surface area contributed by atoms with E-state index < -0.39 is 0 Å². The fourth-order valence-corrected chi connectivity index (χ4v) is 1.26. The summed E-state index contributed by atoms with van der Waals surface area (Å²) in [6.07, 6.45) is 0. The number of hydrogen-bond acceptors (Lipinski definition) is 3. The van der Waals surface area contributed by atoms with Gasteiger partial charge in [-0.15, -0.1) is 0 Å². The normalized spacial score (nSPS) is 12.0. The average Bonchev–Trinajstić information content (AvgIpc) is 2.28. The molecule has 0 saturated heterocycles. The van der Waals surface area contributed by atoms with Crippen molar-refractivity contribution in [3.8, 4) is 0 Å². The predicted octanol–water partition coefficient (Wildman–Crippen LogP) is 0.863. The highest BCUT2D eigenvalue weighted by Gasteiger charge is 2.08. The van der Waals surface area contributed by atoms with E-state index in [2.05, 4.69) is 5.32 Å². The smallest absolute Gasteiger partial charge is 0.251 e. The lowest BCUT2D eigenvalue weighted by atomic mass is 10.2. The zero-order chi connectivity index (χ0) is 12.1. The van der Waals surface area contributed by atoms with Crippen molar-refractivity contribution in [2.24, 2.45) is 0 Å². The van der Waals surface area contributed by atoms with Gasteiger partial charge < -0.3 is 15.3 Å². The highest BCUT2D eigenvalue weighted by Crippen LogP contribution is 2.12. The third-order valence-electron chi connectivity index (χ3n) is 2.30. The number of aliphatic hydroxyl groups is 1. The van der Waals surface area contributed by atoms with E-state index in [9.17, 15) is 4.79 Å². The first kappa shape index (κ1) is 12.5. The van der Waals surface area contributed by atoms with Gasteiger partial charge >= 0.3 is 0 Å². The van der Waals surface area contributed by atoms with Crippen LogP contribution in [0, 0.1) is 0 Å².